The Kier molecular flexibility index (Phi) is 2.08. The van der Waals surface area contributed by atoms with Gasteiger partial charge in [0.1, 0.15) is 0 Å². The van der Waals surface area contributed by atoms with Crippen molar-refractivity contribution in [3.8, 4) is 0 Å². The van der Waals surface area contributed by atoms with E-state index in [2.05, 4.69) is 21.2 Å². The van der Waals surface area contributed by atoms with Gasteiger partial charge in [-0.1, -0.05) is 6.07 Å². The minimum Gasteiger partial charge on any atom is -0.281 e. The topological polar surface area (TPSA) is 41.6 Å². The molecule has 0 fully saturated rings. The molecular weight excluding hydrogens is 162 g/mol. The Balaban J connectivity index is 2.15. The second kappa shape index (κ2) is 3.39. The van der Waals surface area contributed by atoms with Crippen molar-refractivity contribution in [2.45, 2.75) is 13.3 Å². The second-order valence-corrected chi connectivity index (χ2v) is 2.91. The molecule has 2 heterocycles. The molecule has 0 aliphatic carbocycles. The number of aryl methyl sites for hydroxylation is 1. The van der Waals surface area contributed by atoms with E-state index >= 15 is 0 Å². The highest BCUT2D eigenvalue weighted by Gasteiger charge is 1.99. The van der Waals surface area contributed by atoms with Crippen LogP contribution in [0.4, 0.5) is 0 Å². The number of nitrogens with one attached hydrogen (secondary N) is 1. The summed E-state index contributed by atoms with van der Waals surface area (Å²) in [4.78, 5) is 4.22. The van der Waals surface area contributed by atoms with Crippen LogP contribution in [-0.4, -0.2) is 15.2 Å². The first kappa shape index (κ1) is 7.98. The smallest absolute Gasteiger partial charge is 0.0673 e. The molecule has 2 rings (SSSR count). The third-order valence-electron chi connectivity index (χ3n) is 1.77. The molecule has 0 saturated carbocycles. The number of hydrogen-bond donors (Lipinski definition) is 1. The van der Waals surface area contributed by atoms with Gasteiger partial charge in [0.25, 0.3) is 0 Å². The molecule has 0 aliphatic rings. The number of aromatic nitrogens is 3. The Hall–Kier alpha value is -1.64. The van der Waals surface area contributed by atoms with Crippen LogP contribution in [0.25, 0.3) is 0 Å². The molecule has 2 aromatic rings. The van der Waals surface area contributed by atoms with Gasteiger partial charge in [-0.25, -0.2) is 0 Å². The van der Waals surface area contributed by atoms with E-state index < -0.39 is 0 Å². The first-order valence-electron chi connectivity index (χ1n) is 4.17. The maximum absolute atomic E-state index is 4.22. The Bertz CT molecular complexity index is 378. The minimum atomic E-state index is 0.766. The molecular formula is C10H10N3. The molecule has 0 bridgehead atoms. The van der Waals surface area contributed by atoms with Crippen LogP contribution in [0.2, 0.25) is 0 Å². The summed E-state index contributed by atoms with van der Waals surface area (Å²) in [6, 6.07) is 8.99. The lowest BCUT2D eigenvalue weighted by Gasteiger charge is -1.94. The first-order chi connectivity index (χ1) is 6.34. The van der Waals surface area contributed by atoms with Crippen molar-refractivity contribution in [1.29, 1.82) is 0 Å². The van der Waals surface area contributed by atoms with Gasteiger partial charge in [0.2, 0.25) is 0 Å². The van der Waals surface area contributed by atoms with E-state index in [1.807, 2.05) is 25.1 Å². The first-order valence-corrected chi connectivity index (χ1v) is 4.17. The molecule has 0 amide bonds. The van der Waals surface area contributed by atoms with Gasteiger partial charge in [0.05, 0.1) is 5.69 Å². The molecule has 0 aliphatic heterocycles. The Morgan fingerprint density at radius 3 is 3.00 bits per heavy atom. The zero-order valence-corrected chi connectivity index (χ0v) is 7.41. The molecule has 2 aromatic heterocycles. The monoisotopic (exact) mass is 172 g/mol. The quantitative estimate of drug-likeness (QED) is 0.745. The number of aromatic amines is 1. The minimum absolute atomic E-state index is 0.766. The average Bonchev–Trinajstić information content (AvgIpc) is 2.53. The number of pyridine rings is 1. The molecule has 0 saturated heterocycles. The summed E-state index contributed by atoms with van der Waals surface area (Å²) in [5, 5.41) is 6.91. The highest BCUT2D eigenvalue weighted by molar-refractivity contribution is 5.14. The Labute approximate surface area is 76.8 Å². The fourth-order valence-corrected chi connectivity index (χ4v) is 1.19. The van der Waals surface area contributed by atoms with Gasteiger partial charge in [-0.2, -0.15) is 5.10 Å². The van der Waals surface area contributed by atoms with E-state index in [1.54, 1.807) is 6.20 Å². The summed E-state index contributed by atoms with van der Waals surface area (Å²) in [6.07, 6.45) is 2.56. The maximum Gasteiger partial charge on any atom is 0.0673 e. The van der Waals surface area contributed by atoms with E-state index in [0.717, 1.165) is 23.5 Å². The largest absolute Gasteiger partial charge is 0.281 e. The average molecular weight is 172 g/mol. The summed E-state index contributed by atoms with van der Waals surface area (Å²) < 4.78 is 0. The third-order valence-corrected chi connectivity index (χ3v) is 1.77. The predicted molar refractivity (Wildman–Crippen MR) is 49.2 cm³/mol. The van der Waals surface area contributed by atoms with Crippen LogP contribution < -0.4 is 0 Å². The van der Waals surface area contributed by atoms with Crippen LogP contribution in [0, 0.1) is 13.0 Å². The molecule has 0 aromatic carbocycles. The van der Waals surface area contributed by atoms with Crippen molar-refractivity contribution >= 4 is 0 Å². The number of hydrogen-bond acceptors (Lipinski definition) is 2. The number of nitrogens with zero attached hydrogens (tertiary/aromatic N) is 2. The summed E-state index contributed by atoms with van der Waals surface area (Å²) in [5.74, 6) is 0. The molecule has 0 spiro atoms. The van der Waals surface area contributed by atoms with E-state index in [0.29, 0.717) is 0 Å². The van der Waals surface area contributed by atoms with Gasteiger partial charge < -0.3 is 0 Å². The summed E-state index contributed by atoms with van der Waals surface area (Å²) in [7, 11) is 0. The molecule has 3 heteroatoms. The van der Waals surface area contributed by atoms with Gasteiger partial charge in [-0.3, -0.25) is 10.1 Å². The summed E-state index contributed by atoms with van der Waals surface area (Å²) >= 11 is 0. The standard InChI is InChI=1S/C10H10N3/c1-8-6-10(13-12-8)7-9-4-2-3-5-11-9/h2-5H,7H2,1H3,(H,12,13). The summed E-state index contributed by atoms with van der Waals surface area (Å²) in [5.41, 5.74) is 2.91. The van der Waals surface area contributed by atoms with Crippen molar-refractivity contribution in [3.63, 3.8) is 0 Å². The van der Waals surface area contributed by atoms with Crippen molar-refractivity contribution < 1.29 is 0 Å². The lowest BCUT2D eigenvalue weighted by molar-refractivity contribution is 0.957. The molecule has 13 heavy (non-hydrogen) atoms. The zero-order valence-electron chi connectivity index (χ0n) is 7.41. The number of rotatable bonds is 2. The Morgan fingerprint density at radius 2 is 2.38 bits per heavy atom. The SMILES string of the molecule is Cc1[c]c(Cc2ccccn2)[nH]n1. The van der Waals surface area contributed by atoms with Gasteiger partial charge in [0.15, 0.2) is 0 Å². The van der Waals surface area contributed by atoms with Crippen molar-refractivity contribution in [2.75, 3.05) is 0 Å². The van der Waals surface area contributed by atoms with E-state index in [1.165, 1.54) is 0 Å². The maximum atomic E-state index is 4.22. The zero-order chi connectivity index (χ0) is 9.10. The predicted octanol–water partition coefficient (Wildman–Crippen LogP) is 1.50. The van der Waals surface area contributed by atoms with Crippen molar-refractivity contribution in [3.05, 3.63) is 47.5 Å². The molecule has 1 radical (unpaired) electrons. The molecule has 3 nitrogen and oxygen atoms in total. The van der Waals surface area contributed by atoms with Crippen LogP contribution in [0.15, 0.2) is 24.4 Å². The lowest BCUT2D eigenvalue weighted by Crippen LogP contribution is -1.91. The summed E-state index contributed by atoms with van der Waals surface area (Å²) in [6.45, 7) is 1.92. The van der Waals surface area contributed by atoms with Crippen LogP contribution in [0.1, 0.15) is 17.1 Å². The van der Waals surface area contributed by atoms with E-state index in [-0.39, 0.29) is 0 Å². The second-order valence-electron chi connectivity index (χ2n) is 2.91. The van der Waals surface area contributed by atoms with Crippen LogP contribution in [0.5, 0.6) is 0 Å². The van der Waals surface area contributed by atoms with Gasteiger partial charge in [-0.05, 0) is 19.1 Å². The number of H-pyrrole nitrogens is 1. The molecule has 0 atom stereocenters. The van der Waals surface area contributed by atoms with Crippen molar-refractivity contribution in [2.24, 2.45) is 0 Å². The van der Waals surface area contributed by atoms with Gasteiger partial charge >= 0.3 is 0 Å². The fourth-order valence-electron chi connectivity index (χ4n) is 1.19. The van der Waals surface area contributed by atoms with E-state index in [4.69, 9.17) is 0 Å². The van der Waals surface area contributed by atoms with E-state index in [9.17, 15) is 0 Å². The highest BCUT2D eigenvalue weighted by atomic mass is 15.1. The van der Waals surface area contributed by atoms with Crippen LogP contribution >= 0.6 is 0 Å². The molecule has 0 unspecified atom stereocenters. The van der Waals surface area contributed by atoms with Crippen LogP contribution in [0.3, 0.4) is 0 Å². The fraction of sp³-hybridized carbons (Fsp3) is 0.200. The van der Waals surface area contributed by atoms with Gasteiger partial charge in [0, 0.05) is 30.1 Å². The van der Waals surface area contributed by atoms with Crippen LogP contribution in [-0.2, 0) is 6.42 Å². The molecule has 1 N–H and O–H groups in total. The molecule has 65 valence electrons. The Morgan fingerprint density at radius 1 is 1.46 bits per heavy atom. The van der Waals surface area contributed by atoms with Gasteiger partial charge in [-0.15, -0.1) is 0 Å². The highest BCUT2D eigenvalue weighted by Crippen LogP contribution is 2.03. The normalized spacial score (nSPS) is 10.2. The lowest BCUT2D eigenvalue weighted by atomic mass is 10.2. The van der Waals surface area contributed by atoms with Crippen molar-refractivity contribution in [1.82, 2.24) is 15.2 Å². The third kappa shape index (κ3) is 1.93.